The molecule has 0 N–H and O–H groups in total. The van der Waals surface area contributed by atoms with E-state index in [1.807, 2.05) is 24.3 Å². The monoisotopic (exact) mass is 629 g/mol. The molecule has 2 fully saturated rings. The lowest BCUT2D eigenvalue weighted by molar-refractivity contribution is -0.192. The molecule has 2 aromatic carbocycles. The molecule has 1 saturated heterocycles. The first-order valence-corrected chi connectivity index (χ1v) is 15.3. The number of carbonyl (C=O) groups excluding carboxylic acids is 3. The highest BCUT2D eigenvalue weighted by atomic mass is 19.3. The van der Waals surface area contributed by atoms with Gasteiger partial charge in [-0.05, 0) is 88.3 Å². The van der Waals surface area contributed by atoms with Gasteiger partial charge in [-0.2, -0.15) is 8.78 Å². The molecule has 3 amide bonds. The largest absolute Gasteiger partial charge is 0.497 e. The Morgan fingerprint density at radius 2 is 1.84 bits per heavy atom. The maximum atomic E-state index is 14.7. The van der Waals surface area contributed by atoms with Gasteiger partial charge in [-0.3, -0.25) is 9.59 Å². The number of halogens is 2. The van der Waals surface area contributed by atoms with Crippen LogP contribution in [-0.4, -0.2) is 81.0 Å². The second-order valence-electron chi connectivity index (χ2n) is 12.7. The molecule has 0 radical (unpaired) electrons. The number of rotatable bonds is 9. The van der Waals surface area contributed by atoms with Gasteiger partial charge in [-0.25, -0.2) is 4.79 Å². The Bertz CT molecular complexity index is 1430. The molecule has 0 spiro atoms. The minimum atomic E-state index is -4.01. The Hall–Kier alpha value is -3.93. The summed E-state index contributed by atoms with van der Waals surface area (Å²) in [7, 11) is 3.08. The zero-order valence-electron chi connectivity index (χ0n) is 26.4. The Morgan fingerprint density at radius 3 is 2.51 bits per heavy atom. The number of piperidine rings is 1. The number of nitrogens with zero attached hydrogens (tertiary/aromatic N) is 3. The maximum Gasteiger partial charge on any atom is 0.482 e. The van der Waals surface area contributed by atoms with Crippen LogP contribution in [0.3, 0.4) is 0 Å². The summed E-state index contributed by atoms with van der Waals surface area (Å²) in [5.74, 6) is -2.00. The predicted molar refractivity (Wildman–Crippen MR) is 163 cm³/mol. The van der Waals surface area contributed by atoms with Crippen LogP contribution in [0, 0.1) is 5.92 Å². The lowest BCUT2D eigenvalue weighted by atomic mass is 9.79. The van der Waals surface area contributed by atoms with E-state index < -0.39 is 29.6 Å². The van der Waals surface area contributed by atoms with Crippen molar-refractivity contribution >= 4 is 29.3 Å². The van der Waals surface area contributed by atoms with Crippen LogP contribution >= 0.6 is 0 Å². The highest BCUT2D eigenvalue weighted by molar-refractivity contribution is 6.03. The number of likely N-dealkylation sites (tertiary alicyclic amines) is 1. The van der Waals surface area contributed by atoms with Crippen molar-refractivity contribution in [2.45, 2.75) is 70.1 Å². The smallest absolute Gasteiger partial charge is 0.482 e. The van der Waals surface area contributed by atoms with Gasteiger partial charge in [0.05, 0.1) is 18.7 Å². The molecule has 45 heavy (non-hydrogen) atoms. The van der Waals surface area contributed by atoms with Gasteiger partial charge < -0.3 is 33.6 Å². The molecule has 0 aromatic heterocycles. The van der Waals surface area contributed by atoms with Gasteiger partial charge in [0.15, 0.2) is 5.75 Å². The zero-order chi connectivity index (χ0) is 32.5. The van der Waals surface area contributed by atoms with Crippen molar-refractivity contribution in [2.75, 3.05) is 50.3 Å². The van der Waals surface area contributed by atoms with E-state index in [4.69, 9.17) is 18.9 Å². The van der Waals surface area contributed by atoms with Crippen LogP contribution in [0.25, 0.3) is 0 Å². The number of fused-ring (bicyclic) bond motifs is 1. The number of ether oxygens (including phenoxy) is 4. The summed E-state index contributed by atoms with van der Waals surface area (Å²) in [6, 6.07) is 12.0. The van der Waals surface area contributed by atoms with Crippen molar-refractivity contribution in [2.24, 2.45) is 5.92 Å². The number of carbonyl (C=O) groups is 3. The van der Waals surface area contributed by atoms with E-state index >= 15 is 0 Å². The third kappa shape index (κ3) is 7.16. The number of amides is 3. The summed E-state index contributed by atoms with van der Waals surface area (Å²) in [5, 5.41) is 0. The summed E-state index contributed by atoms with van der Waals surface area (Å²) < 4.78 is 50.0. The third-order valence-corrected chi connectivity index (χ3v) is 8.23. The summed E-state index contributed by atoms with van der Waals surface area (Å²) in [6.07, 6.45) is -2.11. The SMILES string of the molecule is COCCCN1C(=O)C(F)(F)Oc2ccc(N(C(=O)[C@H]3CN(C(=O)OC(C)(C)C)CC[C@@H]3c3cccc(OC)c3)C3CC3)cc21. The lowest BCUT2D eigenvalue weighted by Crippen LogP contribution is -2.52. The van der Waals surface area contributed by atoms with Gasteiger partial charge in [-0.1, -0.05) is 12.1 Å². The number of hydrogen-bond acceptors (Lipinski definition) is 7. The fourth-order valence-corrected chi connectivity index (χ4v) is 5.99. The summed E-state index contributed by atoms with van der Waals surface area (Å²) >= 11 is 0. The molecule has 12 heteroatoms. The first-order valence-electron chi connectivity index (χ1n) is 15.3. The van der Waals surface area contributed by atoms with E-state index in [1.54, 1.807) is 49.8 Å². The van der Waals surface area contributed by atoms with Crippen LogP contribution in [0.5, 0.6) is 11.5 Å². The average Bonchev–Trinajstić information content (AvgIpc) is 3.83. The standard InChI is InChI=1S/C33H41F2N3O7/c1-32(2,3)45-31(41)36-16-14-25(21-8-6-9-24(18-21)43-5)26(20-36)29(39)38(22-10-11-22)23-12-13-28-27(19-23)37(15-7-17-42-4)30(40)33(34,35)44-28/h6,8-9,12-13,18-19,22,25-26H,7,10-11,14-17,20H2,1-5H3/t25-,26+/m1/s1. The Balaban J connectivity index is 1.51. The Labute approximate surface area is 262 Å². The molecule has 2 aliphatic heterocycles. The van der Waals surface area contributed by atoms with Crippen LogP contribution in [-0.2, 0) is 19.1 Å². The lowest BCUT2D eigenvalue weighted by Gasteiger charge is -2.41. The first-order chi connectivity index (χ1) is 21.3. The normalized spacial score (nSPS) is 21.1. The van der Waals surface area contributed by atoms with Gasteiger partial charge >= 0.3 is 18.1 Å². The van der Waals surface area contributed by atoms with Crippen LogP contribution < -0.4 is 19.3 Å². The van der Waals surface area contributed by atoms with Crippen LogP contribution in [0.1, 0.15) is 57.9 Å². The second kappa shape index (κ2) is 12.8. The fraction of sp³-hybridized carbons (Fsp3) is 0.545. The summed E-state index contributed by atoms with van der Waals surface area (Å²) in [4.78, 5) is 44.8. The molecule has 0 unspecified atom stereocenters. The predicted octanol–water partition coefficient (Wildman–Crippen LogP) is 5.59. The van der Waals surface area contributed by atoms with Gasteiger partial charge in [0.25, 0.3) is 0 Å². The van der Waals surface area contributed by atoms with Crippen molar-refractivity contribution in [1.82, 2.24) is 4.90 Å². The fourth-order valence-electron chi connectivity index (χ4n) is 5.99. The van der Waals surface area contributed by atoms with Gasteiger partial charge in [0.2, 0.25) is 5.91 Å². The molecule has 244 valence electrons. The molecule has 1 aliphatic carbocycles. The van der Waals surface area contributed by atoms with Gasteiger partial charge in [0, 0.05) is 45.1 Å². The third-order valence-electron chi connectivity index (χ3n) is 8.23. The topological polar surface area (TPSA) is 97.9 Å². The molecule has 2 heterocycles. The molecule has 1 saturated carbocycles. The van der Waals surface area contributed by atoms with Gasteiger partial charge in [-0.15, -0.1) is 0 Å². The minimum absolute atomic E-state index is 0.00909. The summed E-state index contributed by atoms with van der Waals surface area (Å²) in [5.41, 5.74) is 0.859. The summed E-state index contributed by atoms with van der Waals surface area (Å²) in [6.45, 7) is 6.21. The van der Waals surface area contributed by atoms with E-state index in [0.29, 0.717) is 30.8 Å². The van der Waals surface area contributed by atoms with Crippen LogP contribution in [0.15, 0.2) is 42.5 Å². The van der Waals surface area contributed by atoms with Crippen molar-refractivity contribution < 1.29 is 42.1 Å². The zero-order valence-corrected chi connectivity index (χ0v) is 26.4. The van der Waals surface area contributed by atoms with Crippen molar-refractivity contribution in [3.05, 3.63) is 48.0 Å². The number of alkyl halides is 2. The average molecular weight is 630 g/mol. The molecule has 5 rings (SSSR count). The van der Waals surface area contributed by atoms with E-state index in [9.17, 15) is 23.2 Å². The Morgan fingerprint density at radius 1 is 1.09 bits per heavy atom. The highest BCUT2D eigenvalue weighted by Gasteiger charge is 2.51. The van der Waals surface area contributed by atoms with Crippen molar-refractivity contribution in [3.8, 4) is 11.5 Å². The molecule has 2 atom stereocenters. The molecule has 10 nitrogen and oxygen atoms in total. The Kier molecular flexibility index (Phi) is 9.25. The highest BCUT2D eigenvalue weighted by Crippen LogP contribution is 2.45. The van der Waals surface area contributed by atoms with E-state index in [0.717, 1.165) is 23.3 Å². The number of anilines is 2. The van der Waals surface area contributed by atoms with Crippen LogP contribution in [0.4, 0.5) is 25.0 Å². The maximum absolute atomic E-state index is 14.7. The number of methoxy groups -OCH3 is 2. The van der Waals surface area contributed by atoms with Crippen molar-refractivity contribution in [3.63, 3.8) is 0 Å². The quantitative estimate of drug-likeness (QED) is 0.334. The number of benzene rings is 2. The molecule has 0 bridgehead atoms. The van der Waals surface area contributed by atoms with Crippen LogP contribution in [0.2, 0.25) is 0 Å². The van der Waals surface area contributed by atoms with Gasteiger partial charge in [0.1, 0.15) is 11.4 Å². The minimum Gasteiger partial charge on any atom is -0.497 e. The second-order valence-corrected chi connectivity index (χ2v) is 12.7. The molecular weight excluding hydrogens is 588 g/mol. The molecular formula is C33H41F2N3O7. The first kappa shape index (κ1) is 32.5. The van der Waals surface area contributed by atoms with E-state index in [1.165, 1.54) is 13.2 Å². The number of hydrogen-bond donors (Lipinski definition) is 0. The molecule has 2 aromatic rings. The molecule has 3 aliphatic rings. The van der Waals surface area contributed by atoms with Crippen molar-refractivity contribution in [1.29, 1.82) is 0 Å². The van der Waals surface area contributed by atoms with E-state index in [2.05, 4.69) is 0 Å². The van der Waals surface area contributed by atoms with E-state index in [-0.39, 0.29) is 49.0 Å².